The summed E-state index contributed by atoms with van der Waals surface area (Å²) in [6, 6.07) is 17.6. The summed E-state index contributed by atoms with van der Waals surface area (Å²) in [5.74, 6) is 0.339. The highest BCUT2D eigenvalue weighted by Crippen LogP contribution is 2.32. The van der Waals surface area contributed by atoms with Crippen molar-refractivity contribution in [1.82, 2.24) is 29.7 Å². The summed E-state index contributed by atoms with van der Waals surface area (Å²) in [7, 11) is 0. The zero-order valence-corrected chi connectivity index (χ0v) is 21.3. The van der Waals surface area contributed by atoms with Gasteiger partial charge in [-0.05, 0) is 29.3 Å². The van der Waals surface area contributed by atoms with Gasteiger partial charge in [-0.1, -0.05) is 48.0 Å². The van der Waals surface area contributed by atoms with E-state index >= 15 is 0 Å². The van der Waals surface area contributed by atoms with Crippen LogP contribution in [0.15, 0.2) is 54.6 Å². The number of aromatic amines is 1. The van der Waals surface area contributed by atoms with Crippen molar-refractivity contribution >= 4 is 34.7 Å². The molecule has 3 atom stereocenters. The van der Waals surface area contributed by atoms with Gasteiger partial charge in [-0.15, -0.1) is 5.10 Å². The van der Waals surface area contributed by atoms with Crippen molar-refractivity contribution in [2.45, 2.75) is 24.7 Å². The van der Waals surface area contributed by atoms with Crippen LogP contribution in [0.25, 0.3) is 39.2 Å². The second-order valence-corrected chi connectivity index (χ2v) is 9.60. The van der Waals surface area contributed by atoms with E-state index in [1.54, 1.807) is 6.07 Å². The molecule has 1 fully saturated rings. The van der Waals surface area contributed by atoms with Crippen LogP contribution >= 0.6 is 11.6 Å². The Morgan fingerprint density at radius 1 is 1.03 bits per heavy atom. The van der Waals surface area contributed by atoms with E-state index in [1.165, 1.54) is 4.68 Å². The molecule has 39 heavy (non-hydrogen) atoms. The number of benzene rings is 2. The molecule has 12 nitrogen and oxygen atoms in total. The van der Waals surface area contributed by atoms with Crippen molar-refractivity contribution in [1.29, 1.82) is 0 Å². The fourth-order valence-corrected chi connectivity index (χ4v) is 4.81. The topological polar surface area (TPSA) is 183 Å². The van der Waals surface area contributed by atoms with E-state index in [-0.39, 0.29) is 31.1 Å². The van der Waals surface area contributed by atoms with Crippen LogP contribution < -0.4 is 16.2 Å². The largest absolute Gasteiger partial charge is 0.459 e. The van der Waals surface area contributed by atoms with Crippen molar-refractivity contribution in [3.8, 4) is 34.1 Å². The first-order valence-corrected chi connectivity index (χ1v) is 12.6. The third kappa shape index (κ3) is 4.98. The fraction of sp³-hybridized carbons (Fsp3) is 0.231. The lowest BCUT2D eigenvalue weighted by molar-refractivity contribution is -0.131. The minimum atomic E-state index is -0.815. The monoisotopic (exact) mass is 548 g/mol. The van der Waals surface area contributed by atoms with Crippen molar-refractivity contribution in [2.24, 2.45) is 0 Å². The molecule has 200 valence electrons. The van der Waals surface area contributed by atoms with Gasteiger partial charge in [0.25, 0.3) is 6.01 Å². The van der Waals surface area contributed by atoms with E-state index in [0.29, 0.717) is 28.3 Å². The Labute approximate surface area is 227 Å². The lowest BCUT2D eigenvalue weighted by atomic mass is 10.0. The Morgan fingerprint density at radius 3 is 2.36 bits per heavy atom. The number of H-pyrrole nitrogens is 1. The predicted molar refractivity (Wildman–Crippen MR) is 145 cm³/mol. The number of imidazole rings is 1. The van der Waals surface area contributed by atoms with Crippen LogP contribution in [-0.2, 0) is 4.74 Å². The number of nitrogens with zero attached hydrogens (tertiary/aromatic N) is 5. The molecule has 6 rings (SSSR count). The molecule has 1 saturated heterocycles. The van der Waals surface area contributed by atoms with E-state index in [1.807, 2.05) is 48.5 Å². The summed E-state index contributed by atoms with van der Waals surface area (Å²) in [6.45, 7) is -0.0105. The number of nitrogens with two attached hydrogens (primary N) is 2. The Morgan fingerprint density at radius 2 is 1.72 bits per heavy atom. The second-order valence-electron chi connectivity index (χ2n) is 9.19. The molecule has 5 aromatic rings. The van der Waals surface area contributed by atoms with Crippen molar-refractivity contribution in [3.05, 3.63) is 59.6 Å². The molecule has 3 aromatic heterocycles. The molecule has 4 heterocycles. The number of halogens is 1. The number of aliphatic hydroxyl groups is 2. The third-order valence-corrected chi connectivity index (χ3v) is 6.83. The molecule has 0 radical (unpaired) electrons. The van der Waals surface area contributed by atoms with Gasteiger partial charge in [-0.25, -0.2) is 4.98 Å². The first-order valence-electron chi connectivity index (χ1n) is 12.2. The normalized spacial score (nSPS) is 19.4. The summed E-state index contributed by atoms with van der Waals surface area (Å²) in [5.41, 5.74) is 16.7. The van der Waals surface area contributed by atoms with Crippen LogP contribution in [0.3, 0.4) is 0 Å². The van der Waals surface area contributed by atoms with E-state index in [9.17, 15) is 10.2 Å². The standard InChI is InChI=1S/C26H25ClN8O4/c27-18-10-19-23(32-26(30-19)39-17-9-20(37)21(11-36)38-12-17)31-22(18)15-3-1-13(2-4-15)14-5-7-16(8-6-14)35-25(29)33-24(28)34-35/h1-8,10,17,20-21,36-37H,9,11-12H2,(H,30,31,32)(H4,28,29,33,34). The van der Waals surface area contributed by atoms with Crippen LogP contribution in [0.1, 0.15) is 6.42 Å². The summed E-state index contributed by atoms with van der Waals surface area (Å²) < 4.78 is 12.8. The van der Waals surface area contributed by atoms with Crippen LogP contribution in [0.5, 0.6) is 6.01 Å². The zero-order valence-electron chi connectivity index (χ0n) is 20.5. The molecule has 0 amide bonds. The maximum atomic E-state index is 10.1. The molecular weight excluding hydrogens is 524 g/mol. The van der Waals surface area contributed by atoms with Gasteiger partial charge >= 0.3 is 0 Å². The van der Waals surface area contributed by atoms with Gasteiger partial charge in [0, 0.05) is 12.0 Å². The van der Waals surface area contributed by atoms with Crippen LogP contribution in [0.2, 0.25) is 5.02 Å². The molecule has 0 bridgehead atoms. The minimum Gasteiger partial charge on any atom is -0.459 e. The molecule has 0 aliphatic carbocycles. The SMILES string of the molecule is Nc1nc(N)n(-c2ccc(-c3ccc(-c4nc5nc(OC6COC(CO)C(O)C6)[nH]c5cc4Cl)cc3)cc2)n1. The van der Waals surface area contributed by atoms with Gasteiger partial charge in [0.05, 0.1) is 41.2 Å². The number of anilines is 2. The van der Waals surface area contributed by atoms with Crippen molar-refractivity contribution in [3.63, 3.8) is 0 Å². The molecule has 3 unspecified atom stereocenters. The number of aromatic nitrogens is 6. The van der Waals surface area contributed by atoms with Gasteiger partial charge in [0.15, 0.2) is 5.65 Å². The number of nitrogens with one attached hydrogen (secondary N) is 1. The fourth-order valence-electron chi connectivity index (χ4n) is 4.55. The van der Waals surface area contributed by atoms with E-state index in [4.69, 9.17) is 32.5 Å². The summed E-state index contributed by atoms with van der Waals surface area (Å²) in [4.78, 5) is 16.1. The van der Waals surface area contributed by atoms with Gasteiger partial charge in [0.2, 0.25) is 11.9 Å². The van der Waals surface area contributed by atoms with Gasteiger partial charge in [0.1, 0.15) is 12.2 Å². The quantitative estimate of drug-likeness (QED) is 0.211. The maximum absolute atomic E-state index is 10.1. The van der Waals surface area contributed by atoms with E-state index in [0.717, 1.165) is 22.4 Å². The minimum absolute atomic E-state index is 0.117. The molecule has 1 aliphatic heterocycles. The highest BCUT2D eigenvalue weighted by atomic mass is 35.5. The molecular formula is C26H25ClN8O4. The van der Waals surface area contributed by atoms with Gasteiger partial charge in [-0.2, -0.15) is 14.6 Å². The van der Waals surface area contributed by atoms with Crippen LogP contribution in [0.4, 0.5) is 11.9 Å². The van der Waals surface area contributed by atoms with E-state index in [2.05, 4.69) is 25.0 Å². The van der Waals surface area contributed by atoms with E-state index < -0.39 is 18.3 Å². The number of aliphatic hydroxyl groups excluding tert-OH is 2. The second kappa shape index (κ2) is 10.2. The number of hydrogen-bond acceptors (Lipinski definition) is 10. The number of pyridine rings is 1. The van der Waals surface area contributed by atoms with Crippen molar-refractivity contribution in [2.75, 3.05) is 24.7 Å². The third-order valence-electron chi connectivity index (χ3n) is 6.55. The van der Waals surface area contributed by atoms with Gasteiger partial charge in [-0.3, -0.25) is 0 Å². The van der Waals surface area contributed by atoms with Gasteiger partial charge < -0.3 is 36.1 Å². The highest BCUT2D eigenvalue weighted by Gasteiger charge is 2.31. The Balaban J connectivity index is 1.19. The first kappa shape index (κ1) is 25.1. The Bertz CT molecular complexity index is 1620. The Hall–Kier alpha value is -4.23. The number of ether oxygens (including phenoxy) is 2. The number of hydrogen-bond donors (Lipinski definition) is 5. The van der Waals surface area contributed by atoms with Crippen molar-refractivity contribution < 1.29 is 19.7 Å². The number of fused-ring (bicyclic) bond motifs is 1. The lowest BCUT2D eigenvalue weighted by Crippen LogP contribution is -2.45. The summed E-state index contributed by atoms with van der Waals surface area (Å²) >= 11 is 6.58. The predicted octanol–water partition coefficient (Wildman–Crippen LogP) is 2.58. The number of rotatable bonds is 6. The maximum Gasteiger partial charge on any atom is 0.296 e. The molecule has 1 aliphatic rings. The summed E-state index contributed by atoms with van der Waals surface area (Å²) in [5, 5.41) is 23.9. The molecule has 2 aromatic carbocycles. The lowest BCUT2D eigenvalue weighted by Gasteiger charge is -2.31. The zero-order chi connectivity index (χ0) is 27.1. The molecule has 0 saturated carbocycles. The first-order chi connectivity index (χ1) is 18.9. The van der Waals surface area contributed by atoms with Crippen LogP contribution in [0, 0.1) is 0 Å². The smallest absolute Gasteiger partial charge is 0.296 e. The molecule has 0 spiro atoms. The molecule has 13 heteroatoms. The highest BCUT2D eigenvalue weighted by molar-refractivity contribution is 6.33. The average Bonchev–Trinajstić information content (AvgIpc) is 3.49. The average molecular weight is 549 g/mol. The van der Waals surface area contributed by atoms with Crippen LogP contribution in [-0.4, -0.2) is 71.5 Å². The summed E-state index contributed by atoms with van der Waals surface area (Å²) in [6.07, 6.45) is -1.51. The number of nitrogen functional groups attached to an aromatic ring is 2. The Kier molecular flexibility index (Phi) is 6.53. The molecule has 7 N–H and O–H groups in total.